The van der Waals surface area contributed by atoms with Gasteiger partial charge >= 0.3 is 0 Å². The van der Waals surface area contributed by atoms with E-state index < -0.39 is 0 Å². The Morgan fingerprint density at radius 1 is 1.37 bits per heavy atom. The maximum Gasteiger partial charge on any atom is 0.253 e. The van der Waals surface area contributed by atoms with Gasteiger partial charge in [-0.05, 0) is 24.1 Å². The third kappa shape index (κ3) is 3.56. The molecule has 1 aromatic carbocycles. The van der Waals surface area contributed by atoms with Gasteiger partial charge in [-0.1, -0.05) is 28.1 Å². The lowest BCUT2D eigenvalue weighted by atomic mass is 10.1. The molecule has 0 saturated carbocycles. The van der Waals surface area contributed by atoms with Crippen LogP contribution in [-0.4, -0.2) is 35.8 Å². The predicted octanol–water partition coefficient (Wildman–Crippen LogP) is 1.93. The van der Waals surface area contributed by atoms with Crippen molar-refractivity contribution in [2.45, 2.75) is 24.7 Å². The van der Waals surface area contributed by atoms with Gasteiger partial charge in [0.2, 0.25) is 5.91 Å². The molecule has 2 rings (SSSR count). The molecule has 1 N–H and O–H groups in total. The van der Waals surface area contributed by atoms with Gasteiger partial charge in [-0.25, -0.2) is 0 Å². The summed E-state index contributed by atoms with van der Waals surface area (Å²) in [6.07, 6.45) is 0.824. The lowest BCUT2D eigenvalue weighted by Crippen LogP contribution is -2.37. The second kappa shape index (κ2) is 6.19. The molecule has 4 nitrogen and oxygen atoms in total. The quantitative estimate of drug-likeness (QED) is 0.864. The van der Waals surface area contributed by atoms with E-state index in [9.17, 15) is 9.59 Å². The van der Waals surface area contributed by atoms with Crippen molar-refractivity contribution in [3.8, 4) is 0 Å². The van der Waals surface area contributed by atoms with Crippen LogP contribution in [0, 0.1) is 0 Å². The highest BCUT2D eigenvalue weighted by Crippen LogP contribution is 2.15. The molecule has 1 atom stereocenters. The molecule has 1 fully saturated rings. The van der Waals surface area contributed by atoms with Crippen LogP contribution in [0.15, 0.2) is 24.3 Å². The van der Waals surface area contributed by atoms with Gasteiger partial charge in [0.05, 0.1) is 0 Å². The van der Waals surface area contributed by atoms with Crippen LogP contribution in [-0.2, 0) is 10.1 Å². The minimum Gasteiger partial charge on any atom is -0.352 e. The number of hydrogen-bond acceptors (Lipinski definition) is 2. The second-order valence-electron chi connectivity index (χ2n) is 4.77. The number of benzene rings is 1. The van der Waals surface area contributed by atoms with E-state index in [1.54, 1.807) is 4.90 Å². The Labute approximate surface area is 121 Å². The number of hydrogen-bond donors (Lipinski definition) is 1. The molecule has 0 bridgehead atoms. The van der Waals surface area contributed by atoms with E-state index in [2.05, 4.69) is 21.2 Å². The fraction of sp³-hybridized carbons (Fsp3) is 0.429. The molecule has 1 aliphatic rings. The molecule has 0 radical (unpaired) electrons. The largest absolute Gasteiger partial charge is 0.352 e. The highest BCUT2D eigenvalue weighted by Gasteiger charge is 2.27. The number of rotatable bonds is 3. The molecule has 1 unspecified atom stereocenters. The summed E-state index contributed by atoms with van der Waals surface area (Å²) in [5, 5.41) is 3.64. The van der Waals surface area contributed by atoms with Gasteiger partial charge < -0.3 is 10.2 Å². The Bertz CT molecular complexity index is 473. The van der Waals surface area contributed by atoms with Crippen molar-refractivity contribution in [3.05, 3.63) is 35.4 Å². The fourth-order valence-corrected chi connectivity index (χ4v) is 2.64. The van der Waals surface area contributed by atoms with Gasteiger partial charge in [0.1, 0.15) is 0 Å². The van der Waals surface area contributed by atoms with Crippen molar-refractivity contribution in [1.29, 1.82) is 0 Å². The van der Waals surface area contributed by atoms with Crippen molar-refractivity contribution in [2.24, 2.45) is 0 Å². The molecule has 0 spiro atoms. The summed E-state index contributed by atoms with van der Waals surface area (Å²) >= 11 is 3.38. The van der Waals surface area contributed by atoms with E-state index in [0.717, 1.165) is 17.3 Å². The molecule has 1 aliphatic heterocycles. The summed E-state index contributed by atoms with van der Waals surface area (Å²) in [4.78, 5) is 25.1. The number of nitrogens with one attached hydrogen (secondary N) is 1. The van der Waals surface area contributed by atoms with Gasteiger partial charge in [0.25, 0.3) is 5.91 Å². The number of alkyl halides is 1. The molecular formula is C14H17BrN2O2. The summed E-state index contributed by atoms with van der Waals surface area (Å²) in [7, 11) is 0. The molecule has 2 amide bonds. The molecule has 1 aromatic rings. The lowest BCUT2D eigenvalue weighted by molar-refractivity contribution is -0.119. The van der Waals surface area contributed by atoms with Crippen LogP contribution in [0.4, 0.5) is 0 Å². The van der Waals surface area contributed by atoms with E-state index in [1.165, 1.54) is 6.92 Å². The first-order valence-electron chi connectivity index (χ1n) is 6.31. The SMILES string of the molecule is CC(=O)NC1CCN(C(=O)c2ccc(CBr)cc2)C1. The predicted molar refractivity (Wildman–Crippen MR) is 77.2 cm³/mol. The van der Waals surface area contributed by atoms with Gasteiger partial charge in [-0.3, -0.25) is 9.59 Å². The molecule has 0 aromatic heterocycles. The van der Waals surface area contributed by atoms with Crippen LogP contribution in [0.3, 0.4) is 0 Å². The fourth-order valence-electron chi connectivity index (χ4n) is 2.27. The molecule has 102 valence electrons. The van der Waals surface area contributed by atoms with E-state index in [-0.39, 0.29) is 17.9 Å². The van der Waals surface area contributed by atoms with Crippen LogP contribution < -0.4 is 5.32 Å². The van der Waals surface area contributed by atoms with Crippen LogP contribution in [0.1, 0.15) is 29.3 Å². The summed E-state index contributed by atoms with van der Waals surface area (Å²) in [6, 6.07) is 7.69. The Balaban J connectivity index is 1.98. The lowest BCUT2D eigenvalue weighted by Gasteiger charge is -2.17. The Morgan fingerprint density at radius 3 is 2.63 bits per heavy atom. The zero-order valence-corrected chi connectivity index (χ0v) is 12.4. The average molecular weight is 325 g/mol. The standard InChI is InChI=1S/C14H17BrN2O2/c1-10(18)16-13-6-7-17(9-13)14(19)12-4-2-11(8-15)3-5-12/h2-5,13H,6-9H2,1H3,(H,16,18). The third-order valence-electron chi connectivity index (χ3n) is 3.24. The number of halogens is 1. The third-order valence-corrected chi connectivity index (χ3v) is 3.89. The number of carbonyl (C=O) groups excluding carboxylic acids is 2. The number of carbonyl (C=O) groups is 2. The normalized spacial score (nSPS) is 18.4. The molecule has 0 aliphatic carbocycles. The second-order valence-corrected chi connectivity index (χ2v) is 5.33. The minimum atomic E-state index is -0.0408. The Morgan fingerprint density at radius 2 is 2.05 bits per heavy atom. The minimum absolute atomic E-state index is 0.0361. The summed E-state index contributed by atoms with van der Waals surface area (Å²) in [6.45, 7) is 2.80. The molecule has 19 heavy (non-hydrogen) atoms. The topological polar surface area (TPSA) is 49.4 Å². The van der Waals surface area contributed by atoms with Gasteiger partial charge in [0, 0.05) is 36.9 Å². The van der Waals surface area contributed by atoms with Crippen LogP contribution in [0.25, 0.3) is 0 Å². The van der Waals surface area contributed by atoms with Crippen molar-refractivity contribution in [1.82, 2.24) is 10.2 Å². The Kier molecular flexibility index (Phi) is 4.58. The molecule has 1 heterocycles. The van der Waals surface area contributed by atoms with E-state index >= 15 is 0 Å². The average Bonchev–Trinajstić information content (AvgIpc) is 2.85. The van der Waals surface area contributed by atoms with E-state index in [4.69, 9.17) is 0 Å². The Hall–Kier alpha value is -1.36. The number of amides is 2. The molecule has 1 saturated heterocycles. The smallest absolute Gasteiger partial charge is 0.253 e. The first kappa shape index (κ1) is 14.1. The van der Waals surface area contributed by atoms with Crippen molar-refractivity contribution < 1.29 is 9.59 Å². The highest BCUT2D eigenvalue weighted by molar-refractivity contribution is 9.08. The first-order valence-corrected chi connectivity index (χ1v) is 7.43. The maximum absolute atomic E-state index is 12.3. The molecule has 5 heteroatoms. The van der Waals surface area contributed by atoms with Crippen LogP contribution in [0.2, 0.25) is 0 Å². The van der Waals surface area contributed by atoms with Crippen molar-refractivity contribution in [2.75, 3.05) is 13.1 Å². The van der Waals surface area contributed by atoms with E-state index in [1.807, 2.05) is 24.3 Å². The summed E-state index contributed by atoms with van der Waals surface area (Å²) in [5.74, 6) is -0.00468. The zero-order chi connectivity index (χ0) is 13.8. The van der Waals surface area contributed by atoms with Gasteiger partial charge in [-0.15, -0.1) is 0 Å². The summed E-state index contributed by atoms with van der Waals surface area (Å²) in [5.41, 5.74) is 1.85. The monoisotopic (exact) mass is 324 g/mol. The van der Waals surface area contributed by atoms with Crippen LogP contribution >= 0.6 is 15.9 Å². The zero-order valence-electron chi connectivity index (χ0n) is 10.9. The van der Waals surface area contributed by atoms with Crippen molar-refractivity contribution >= 4 is 27.7 Å². The van der Waals surface area contributed by atoms with E-state index in [0.29, 0.717) is 18.7 Å². The number of nitrogens with zero attached hydrogens (tertiary/aromatic N) is 1. The van der Waals surface area contributed by atoms with Crippen LogP contribution in [0.5, 0.6) is 0 Å². The van der Waals surface area contributed by atoms with Gasteiger partial charge in [-0.2, -0.15) is 0 Å². The summed E-state index contributed by atoms with van der Waals surface area (Å²) < 4.78 is 0. The van der Waals surface area contributed by atoms with Crippen molar-refractivity contribution in [3.63, 3.8) is 0 Å². The van der Waals surface area contributed by atoms with Gasteiger partial charge in [0.15, 0.2) is 0 Å². The highest BCUT2D eigenvalue weighted by atomic mass is 79.9. The maximum atomic E-state index is 12.3. The number of likely N-dealkylation sites (tertiary alicyclic amines) is 1. The first-order chi connectivity index (χ1) is 9.10. The molecular weight excluding hydrogens is 308 g/mol.